The third kappa shape index (κ3) is 3.32. The molecule has 0 radical (unpaired) electrons. The fourth-order valence-corrected chi connectivity index (χ4v) is 2.60. The van der Waals surface area contributed by atoms with E-state index in [0.29, 0.717) is 11.5 Å². The molecule has 1 unspecified atom stereocenters. The van der Waals surface area contributed by atoms with Gasteiger partial charge in [0.25, 0.3) is 0 Å². The number of nitrogens with one attached hydrogen (secondary N) is 1. The summed E-state index contributed by atoms with van der Waals surface area (Å²) < 4.78 is 1.90. The summed E-state index contributed by atoms with van der Waals surface area (Å²) in [4.78, 5) is 0. The minimum absolute atomic E-state index is 0.396. The molecule has 0 bridgehead atoms. The van der Waals surface area contributed by atoms with Gasteiger partial charge in [-0.15, -0.1) is 0 Å². The molecule has 1 fully saturated rings. The Hall–Kier alpha value is -0.830. The summed E-state index contributed by atoms with van der Waals surface area (Å²) in [5, 5.41) is 7.88. The molecule has 1 N–H and O–H groups in total. The molecule has 1 aromatic heterocycles. The van der Waals surface area contributed by atoms with Crippen molar-refractivity contribution in [3.63, 3.8) is 0 Å². The van der Waals surface area contributed by atoms with E-state index in [-0.39, 0.29) is 0 Å². The van der Waals surface area contributed by atoms with Crippen LogP contribution in [0.25, 0.3) is 0 Å². The van der Waals surface area contributed by atoms with E-state index < -0.39 is 0 Å². The van der Waals surface area contributed by atoms with Gasteiger partial charge in [0.05, 0.1) is 6.20 Å². The molecule has 1 aliphatic rings. The number of hydrogen-bond acceptors (Lipinski definition) is 2. The van der Waals surface area contributed by atoms with Crippen molar-refractivity contribution in [3.05, 3.63) is 18.0 Å². The van der Waals surface area contributed by atoms with E-state index in [4.69, 9.17) is 0 Å². The number of rotatable bonds is 6. The van der Waals surface area contributed by atoms with Crippen LogP contribution in [0.5, 0.6) is 0 Å². The van der Waals surface area contributed by atoms with Crippen LogP contribution in [0.4, 0.5) is 0 Å². The van der Waals surface area contributed by atoms with E-state index in [1.807, 2.05) is 17.9 Å². The third-order valence-corrected chi connectivity index (χ3v) is 3.84. The van der Waals surface area contributed by atoms with E-state index in [9.17, 15) is 0 Å². The van der Waals surface area contributed by atoms with Crippen molar-refractivity contribution in [1.82, 2.24) is 15.1 Å². The first-order valence-electron chi connectivity index (χ1n) is 6.70. The number of aryl methyl sites for hydroxylation is 1. The van der Waals surface area contributed by atoms with Crippen LogP contribution in [0.15, 0.2) is 12.4 Å². The number of nitrogens with zero attached hydrogens (tertiary/aromatic N) is 2. The van der Waals surface area contributed by atoms with Crippen LogP contribution < -0.4 is 5.32 Å². The standard InChI is InChI=1S/C14H25N3/c1-11(2)15-10-14(3,13-5-6-13)7-12-8-16-17(4)9-12/h8-9,11,13,15H,5-7,10H2,1-4H3. The zero-order valence-corrected chi connectivity index (χ0v) is 11.5. The van der Waals surface area contributed by atoms with Gasteiger partial charge in [0.2, 0.25) is 0 Å². The van der Waals surface area contributed by atoms with Gasteiger partial charge in [-0.2, -0.15) is 5.10 Å². The first-order valence-corrected chi connectivity index (χ1v) is 6.70. The summed E-state index contributed by atoms with van der Waals surface area (Å²) >= 11 is 0. The van der Waals surface area contributed by atoms with Crippen molar-refractivity contribution in [3.8, 4) is 0 Å². The highest BCUT2D eigenvalue weighted by Crippen LogP contribution is 2.47. The van der Waals surface area contributed by atoms with E-state index in [1.165, 1.54) is 18.4 Å². The molecular weight excluding hydrogens is 210 g/mol. The molecular formula is C14H25N3. The Kier molecular flexibility index (Phi) is 3.57. The minimum atomic E-state index is 0.396. The SMILES string of the molecule is CC(C)NCC(C)(Cc1cnn(C)c1)C1CC1. The van der Waals surface area contributed by atoms with Crippen LogP contribution in [0.2, 0.25) is 0 Å². The molecule has 0 aliphatic heterocycles. The van der Waals surface area contributed by atoms with Crippen LogP contribution in [0.3, 0.4) is 0 Å². The van der Waals surface area contributed by atoms with Crippen molar-refractivity contribution in [2.45, 2.75) is 46.1 Å². The van der Waals surface area contributed by atoms with E-state index in [2.05, 4.69) is 37.4 Å². The molecule has 3 heteroatoms. The van der Waals surface area contributed by atoms with Crippen molar-refractivity contribution in [2.24, 2.45) is 18.4 Å². The average Bonchev–Trinajstić information content (AvgIpc) is 3.02. The van der Waals surface area contributed by atoms with Gasteiger partial charge in [0.15, 0.2) is 0 Å². The Morgan fingerprint density at radius 2 is 2.24 bits per heavy atom. The first kappa shape index (κ1) is 12.6. The van der Waals surface area contributed by atoms with Gasteiger partial charge < -0.3 is 5.32 Å². The zero-order valence-electron chi connectivity index (χ0n) is 11.5. The highest BCUT2D eigenvalue weighted by molar-refractivity contribution is 5.10. The molecule has 1 atom stereocenters. The highest BCUT2D eigenvalue weighted by Gasteiger charge is 2.41. The summed E-state index contributed by atoms with van der Waals surface area (Å²) in [7, 11) is 1.99. The minimum Gasteiger partial charge on any atom is -0.314 e. The summed E-state index contributed by atoms with van der Waals surface area (Å²) in [6, 6.07) is 0.571. The lowest BCUT2D eigenvalue weighted by atomic mass is 9.79. The van der Waals surface area contributed by atoms with Crippen molar-refractivity contribution in [2.75, 3.05) is 6.54 Å². The number of hydrogen-bond donors (Lipinski definition) is 1. The van der Waals surface area contributed by atoms with Crippen LogP contribution in [-0.2, 0) is 13.5 Å². The van der Waals surface area contributed by atoms with Crippen LogP contribution in [0.1, 0.15) is 39.2 Å². The van der Waals surface area contributed by atoms with Gasteiger partial charge >= 0.3 is 0 Å². The first-order chi connectivity index (χ1) is 7.99. The van der Waals surface area contributed by atoms with Crippen LogP contribution >= 0.6 is 0 Å². The smallest absolute Gasteiger partial charge is 0.0521 e. The third-order valence-electron chi connectivity index (χ3n) is 3.84. The fourth-order valence-electron chi connectivity index (χ4n) is 2.60. The molecule has 1 heterocycles. The molecule has 0 aromatic carbocycles. The van der Waals surface area contributed by atoms with Gasteiger partial charge in [-0.3, -0.25) is 4.68 Å². The zero-order chi connectivity index (χ0) is 12.5. The molecule has 0 spiro atoms. The van der Waals surface area contributed by atoms with Crippen LogP contribution in [0, 0.1) is 11.3 Å². The van der Waals surface area contributed by atoms with Gasteiger partial charge in [-0.25, -0.2) is 0 Å². The van der Waals surface area contributed by atoms with Crippen molar-refractivity contribution >= 4 is 0 Å². The average molecular weight is 235 g/mol. The molecule has 3 nitrogen and oxygen atoms in total. The Morgan fingerprint density at radius 3 is 2.71 bits per heavy atom. The predicted octanol–water partition coefficient (Wildman–Crippen LogP) is 2.38. The van der Waals surface area contributed by atoms with E-state index in [1.54, 1.807) is 0 Å². The second-order valence-electron chi connectivity index (χ2n) is 6.16. The molecule has 0 saturated heterocycles. The normalized spacial score (nSPS) is 19.6. The molecule has 2 rings (SSSR count). The fraction of sp³-hybridized carbons (Fsp3) is 0.786. The van der Waals surface area contributed by atoms with Crippen molar-refractivity contribution in [1.29, 1.82) is 0 Å². The lowest BCUT2D eigenvalue weighted by molar-refractivity contribution is 0.248. The van der Waals surface area contributed by atoms with E-state index in [0.717, 1.165) is 18.9 Å². The van der Waals surface area contributed by atoms with Crippen LogP contribution in [-0.4, -0.2) is 22.4 Å². The van der Waals surface area contributed by atoms with Crippen molar-refractivity contribution < 1.29 is 0 Å². The Bertz CT molecular complexity index is 365. The maximum Gasteiger partial charge on any atom is 0.0521 e. The lowest BCUT2D eigenvalue weighted by Gasteiger charge is -2.31. The Labute approximate surface area is 105 Å². The summed E-state index contributed by atoms with van der Waals surface area (Å²) in [6.07, 6.45) is 8.10. The quantitative estimate of drug-likeness (QED) is 0.820. The lowest BCUT2D eigenvalue weighted by Crippen LogP contribution is -2.38. The second-order valence-corrected chi connectivity index (χ2v) is 6.16. The highest BCUT2D eigenvalue weighted by atomic mass is 15.2. The molecule has 0 amide bonds. The Morgan fingerprint density at radius 1 is 1.53 bits per heavy atom. The molecule has 1 aromatic rings. The summed E-state index contributed by atoms with van der Waals surface area (Å²) in [5.41, 5.74) is 1.76. The second kappa shape index (κ2) is 4.81. The topological polar surface area (TPSA) is 29.9 Å². The number of aromatic nitrogens is 2. The molecule has 1 aliphatic carbocycles. The summed E-state index contributed by atoms with van der Waals surface area (Å²) in [5.74, 6) is 0.897. The monoisotopic (exact) mass is 235 g/mol. The maximum atomic E-state index is 4.27. The largest absolute Gasteiger partial charge is 0.314 e. The van der Waals surface area contributed by atoms with Gasteiger partial charge in [-0.1, -0.05) is 20.8 Å². The Balaban J connectivity index is 2.00. The molecule has 1 saturated carbocycles. The molecule has 96 valence electrons. The van der Waals surface area contributed by atoms with E-state index >= 15 is 0 Å². The van der Waals surface area contributed by atoms with Gasteiger partial charge in [-0.05, 0) is 36.2 Å². The summed E-state index contributed by atoms with van der Waals surface area (Å²) in [6.45, 7) is 7.98. The van der Waals surface area contributed by atoms with Gasteiger partial charge in [0.1, 0.15) is 0 Å². The maximum absolute atomic E-state index is 4.27. The predicted molar refractivity (Wildman–Crippen MR) is 70.9 cm³/mol. The van der Waals surface area contributed by atoms with Gasteiger partial charge in [0, 0.05) is 25.8 Å². The molecule has 17 heavy (non-hydrogen) atoms.